The number of benzene rings is 2. The summed E-state index contributed by atoms with van der Waals surface area (Å²) >= 11 is 0. The molecule has 9 nitrogen and oxygen atoms in total. The van der Waals surface area contributed by atoms with Crippen molar-refractivity contribution in [1.29, 1.82) is 0 Å². The van der Waals surface area contributed by atoms with E-state index in [1.165, 1.54) is 36.4 Å². The fourth-order valence-electron chi connectivity index (χ4n) is 3.21. The molecule has 0 spiro atoms. The maximum Gasteiger partial charge on any atom is 0.573 e. The van der Waals surface area contributed by atoms with Crippen LogP contribution in [0.2, 0.25) is 0 Å². The highest BCUT2D eigenvalue weighted by Crippen LogP contribution is 2.29. The second-order valence-electron chi connectivity index (χ2n) is 7.80. The van der Waals surface area contributed by atoms with E-state index in [9.17, 15) is 26.4 Å². The number of halogens is 3. The molecule has 3 rings (SSSR count). The summed E-state index contributed by atoms with van der Waals surface area (Å²) in [6, 6.07) is 8.89. The van der Waals surface area contributed by atoms with Crippen molar-refractivity contribution in [2.24, 2.45) is 0 Å². The summed E-state index contributed by atoms with van der Waals surface area (Å²) < 4.78 is 82.8. The Hall–Kier alpha value is -3.03. The van der Waals surface area contributed by atoms with E-state index >= 15 is 0 Å². The maximum atomic E-state index is 12.9. The van der Waals surface area contributed by atoms with Gasteiger partial charge in [0.25, 0.3) is 0 Å². The maximum absolute atomic E-state index is 12.9. The second kappa shape index (κ2) is 9.68. The molecular weight excluding hydrogens is 483 g/mol. The SMILES string of the molecule is CC1(C)OC[C@@H]([C@H](CS(=O)(=O)c2ccc(Oc3ccc(OC(F)(F)F)cc3)cc2)NC(=O)O)O1. The van der Waals surface area contributed by atoms with Crippen LogP contribution in [0.5, 0.6) is 17.2 Å². The third kappa shape index (κ3) is 7.23. The molecule has 0 unspecified atom stereocenters. The number of sulfone groups is 1. The van der Waals surface area contributed by atoms with E-state index in [0.717, 1.165) is 12.1 Å². The Kier molecular flexibility index (Phi) is 7.29. The number of hydrogen-bond donors (Lipinski definition) is 2. The minimum Gasteiger partial charge on any atom is -0.465 e. The lowest BCUT2D eigenvalue weighted by Gasteiger charge is -2.24. The summed E-state index contributed by atoms with van der Waals surface area (Å²) in [5.41, 5.74) is 0. The Morgan fingerprint density at radius 2 is 1.65 bits per heavy atom. The van der Waals surface area contributed by atoms with Gasteiger partial charge < -0.3 is 29.4 Å². The minimum absolute atomic E-state index is 0.0209. The standard InChI is InChI=1S/C21H22F3NO8S/c1-20(2)30-11-18(33-20)17(25-19(26)27)12-34(28,29)16-9-7-14(8-10-16)31-13-3-5-15(6-4-13)32-21(22,23)24/h3-10,17-18,25H,11-12H2,1-2H3,(H,26,27)/t17-,18-/m0/s1. The van der Waals surface area contributed by atoms with E-state index in [0.29, 0.717) is 0 Å². The van der Waals surface area contributed by atoms with Gasteiger partial charge in [-0.15, -0.1) is 13.2 Å². The molecule has 0 radical (unpaired) electrons. The summed E-state index contributed by atoms with van der Waals surface area (Å²) in [6.07, 6.45) is -7.01. The first-order valence-electron chi connectivity index (χ1n) is 9.90. The summed E-state index contributed by atoms with van der Waals surface area (Å²) in [5, 5.41) is 11.3. The summed E-state index contributed by atoms with van der Waals surface area (Å²) in [5.74, 6) is -1.51. The predicted molar refractivity (Wildman–Crippen MR) is 112 cm³/mol. The summed E-state index contributed by atoms with van der Waals surface area (Å²) in [6.45, 7) is 3.29. The van der Waals surface area contributed by atoms with Crippen LogP contribution in [0.1, 0.15) is 13.8 Å². The van der Waals surface area contributed by atoms with Gasteiger partial charge in [-0.1, -0.05) is 0 Å². The predicted octanol–water partition coefficient (Wildman–Crippen LogP) is 3.94. The van der Waals surface area contributed by atoms with Gasteiger partial charge in [-0.2, -0.15) is 0 Å². The van der Waals surface area contributed by atoms with Crippen molar-refractivity contribution in [2.45, 2.75) is 43.0 Å². The zero-order chi connectivity index (χ0) is 25.1. The lowest BCUT2D eigenvalue weighted by atomic mass is 10.2. The summed E-state index contributed by atoms with van der Waals surface area (Å²) in [4.78, 5) is 11.1. The van der Waals surface area contributed by atoms with Crippen molar-refractivity contribution in [3.8, 4) is 17.2 Å². The first kappa shape index (κ1) is 25.6. The monoisotopic (exact) mass is 505 g/mol. The zero-order valence-corrected chi connectivity index (χ0v) is 18.9. The molecule has 1 heterocycles. The van der Waals surface area contributed by atoms with Crippen LogP contribution in [-0.4, -0.2) is 56.3 Å². The largest absolute Gasteiger partial charge is 0.573 e. The molecule has 0 aliphatic carbocycles. The molecule has 1 fully saturated rings. The van der Waals surface area contributed by atoms with E-state index in [1.54, 1.807) is 13.8 Å². The third-order valence-corrected chi connectivity index (χ3v) is 6.45. The molecule has 1 aliphatic rings. The molecule has 2 atom stereocenters. The minimum atomic E-state index is -4.81. The van der Waals surface area contributed by atoms with Crippen molar-refractivity contribution in [1.82, 2.24) is 5.32 Å². The number of nitrogens with one attached hydrogen (secondary N) is 1. The van der Waals surface area contributed by atoms with Crippen LogP contribution in [0.15, 0.2) is 53.4 Å². The van der Waals surface area contributed by atoms with Crippen molar-refractivity contribution in [3.05, 3.63) is 48.5 Å². The highest BCUT2D eigenvalue weighted by atomic mass is 32.2. The number of hydrogen-bond acceptors (Lipinski definition) is 7. The van der Waals surface area contributed by atoms with Gasteiger partial charge in [0.1, 0.15) is 23.4 Å². The van der Waals surface area contributed by atoms with Crippen LogP contribution >= 0.6 is 0 Å². The molecule has 0 bridgehead atoms. The number of rotatable bonds is 8. The molecule has 1 saturated heterocycles. The highest BCUT2D eigenvalue weighted by molar-refractivity contribution is 7.91. The van der Waals surface area contributed by atoms with Crippen molar-refractivity contribution in [2.75, 3.05) is 12.4 Å². The van der Waals surface area contributed by atoms with Crippen LogP contribution in [-0.2, 0) is 19.3 Å². The van der Waals surface area contributed by atoms with Crippen molar-refractivity contribution in [3.63, 3.8) is 0 Å². The molecule has 34 heavy (non-hydrogen) atoms. The number of amides is 1. The molecule has 0 saturated carbocycles. The first-order valence-corrected chi connectivity index (χ1v) is 11.6. The van der Waals surface area contributed by atoms with Gasteiger partial charge in [0.05, 0.1) is 23.3 Å². The van der Waals surface area contributed by atoms with E-state index in [4.69, 9.17) is 19.3 Å². The number of alkyl halides is 3. The Morgan fingerprint density at radius 1 is 1.12 bits per heavy atom. The molecule has 1 amide bonds. The topological polar surface area (TPSA) is 120 Å². The van der Waals surface area contributed by atoms with Crippen molar-refractivity contribution < 1.29 is 50.4 Å². The molecule has 186 valence electrons. The fourth-order valence-corrected chi connectivity index (χ4v) is 4.72. The summed E-state index contributed by atoms with van der Waals surface area (Å²) in [7, 11) is -3.93. The molecule has 2 aromatic carbocycles. The van der Waals surface area contributed by atoms with E-state index < -0.39 is 51.7 Å². The van der Waals surface area contributed by atoms with E-state index in [1.807, 2.05) is 0 Å². The Labute approximate surface area is 193 Å². The molecular formula is C21H22F3NO8S. The molecule has 1 aliphatic heterocycles. The van der Waals surface area contributed by atoms with Gasteiger partial charge in [-0.3, -0.25) is 0 Å². The Balaban J connectivity index is 1.68. The van der Waals surface area contributed by atoms with Gasteiger partial charge in [-0.25, -0.2) is 13.2 Å². The lowest BCUT2D eigenvalue weighted by Crippen LogP contribution is -2.48. The van der Waals surface area contributed by atoms with Gasteiger partial charge in [0.2, 0.25) is 0 Å². The average molecular weight is 505 g/mol. The van der Waals surface area contributed by atoms with Crippen LogP contribution in [0.3, 0.4) is 0 Å². The van der Waals surface area contributed by atoms with Crippen molar-refractivity contribution >= 4 is 15.9 Å². The van der Waals surface area contributed by atoms with Crippen LogP contribution < -0.4 is 14.8 Å². The molecule has 13 heteroatoms. The Morgan fingerprint density at radius 3 is 2.12 bits per heavy atom. The molecule has 2 aromatic rings. The number of carbonyl (C=O) groups is 1. The number of carboxylic acid groups (broad SMARTS) is 1. The van der Waals surface area contributed by atoms with E-state index in [-0.39, 0.29) is 23.0 Å². The second-order valence-corrected chi connectivity index (χ2v) is 9.83. The van der Waals surface area contributed by atoms with Gasteiger partial charge in [0, 0.05) is 0 Å². The van der Waals surface area contributed by atoms with Gasteiger partial charge in [-0.05, 0) is 62.4 Å². The van der Waals surface area contributed by atoms with Crippen LogP contribution in [0.4, 0.5) is 18.0 Å². The smallest absolute Gasteiger partial charge is 0.465 e. The zero-order valence-electron chi connectivity index (χ0n) is 18.0. The van der Waals surface area contributed by atoms with Crippen LogP contribution in [0.25, 0.3) is 0 Å². The normalized spacial score (nSPS) is 18.8. The quantitative estimate of drug-likeness (QED) is 0.554. The average Bonchev–Trinajstić information content (AvgIpc) is 3.08. The van der Waals surface area contributed by atoms with Crippen LogP contribution in [0, 0.1) is 0 Å². The highest BCUT2D eigenvalue weighted by Gasteiger charge is 2.40. The Bertz CT molecular complexity index is 1100. The number of ether oxygens (including phenoxy) is 4. The first-order chi connectivity index (χ1) is 15.7. The fraction of sp³-hybridized carbons (Fsp3) is 0.381. The lowest BCUT2D eigenvalue weighted by molar-refractivity contribution is -0.274. The molecule has 2 N–H and O–H groups in total. The third-order valence-electron chi connectivity index (χ3n) is 4.66. The van der Waals surface area contributed by atoms with Gasteiger partial charge >= 0.3 is 12.5 Å². The van der Waals surface area contributed by atoms with E-state index in [2.05, 4.69) is 10.1 Å². The van der Waals surface area contributed by atoms with Gasteiger partial charge in [0.15, 0.2) is 15.6 Å². The molecule has 0 aromatic heterocycles.